The van der Waals surface area contributed by atoms with E-state index in [9.17, 15) is 18.0 Å². The molecule has 1 amide bonds. The van der Waals surface area contributed by atoms with Gasteiger partial charge in [-0.05, 0) is 36.8 Å². The molecule has 0 aliphatic carbocycles. The number of halogens is 3. The number of hydrogen-bond acceptors (Lipinski definition) is 4. The molecular weight excluding hydrogens is 311 g/mol. The fourth-order valence-corrected chi connectivity index (χ4v) is 1.89. The molecule has 6 nitrogen and oxygen atoms in total. The zero-order valence-corrected chi connectivity index (χ0v) is 12.3. The number of aromatic amines is 1. The highest BCUT2D eigenvalue weighted by Crippen LogP contribution is 2.29. The first-order chi connectivity index (χ1) is 10.8. The summed E-state index contributed by atoms with van der Waals surface area (Å²) in [5.41, 5.74) is 0.348. The van der Waals surface area contributed by atoms with Crippen LogP contribution in [0.3, 0.4) is 0 Å². The van der Waals surface area contributed by atoms with Crippen LogP contribution in [0.1, 0.15) is 36.8 Å². The zero-order valence-electron chi connectivity index (χ0n) is 12.3. The van der Waals surface area contributed by atoms with Crippen LogP contribution in [0.15, 0.2) is 30.3 Å². The van der Waals surface area contributed by atoms with Gasteiger partial charge in [0.05, 0.1) is 11.6 Å². The van der Waals surface area contributed by atoms with E-state index in [4.69, 9.17) is 0 Å². The Labute approximate surface area is 129 Å². The monoisotopic (exact) mass is 325 g/mol. The predicted molar refractivity (Wildman–Crippen MR) is 75.8 cm³/mol. The second kappa shape index (κ2) is 6.59. The number of amides is 1. The summed E-state index contributed by atoms with van der Waals surface area (Å²) in [6, 6.07) is 4.20. The Balaban J connectivity index is 2.02. The van der Waals surface area contributed by atoms with E-state index in [2.05, 4.69) is 25.9 Å². The maximum absolute atomic E-state index is 12.5. The molecule has 1 aromatic carbocycles. The highest BCUT2D eigenvalue weighted by atomic mass is 19.4. The molecule has 23 heavy (non-hydrogen) atoms. The van der Waals surface area contributed by atoms with Gasteiger partial charge in [-0.25, -0.2) is 0 Å². The van der Waals surface area contributed by atoms with Crippen LogP contribution < -0.4 is 5.32 Å². The van der Waals surface area contributed by atoms with Gasteiger partial charge in [0.25, 0.3) is 0 Å². The SMILES string of the molecule is C/C(=C\C(=O)NC(C)c1ccc(C(F)(F)F)cc1)c1nn[nH]n1. The second-order valence-electron chi connectivity index (χ2n) is 4.91. The number of benzene rings is 1. The first-order valence-electron chi connectivity index (χ1n) is 6.67. The minimum Gasteiger partial charge on any atom is -0.346 e. The fourth-order valence-electron chi connectivity index (χ4n) is 1.89. The number of allylic oxidation sites excluding steroid dienone is 1. The summed E-state index contributed by atoms with van der Waals surface area (Å²) in [7, 11) is 0. The number of rotatable bonds is 4. The Morgan fingerprint density at radius 3 is 2.48 bits per heavy atom. The third-order valence-corrected chi connectivity index (χ3v) is 3.14. The quantitative estimate of drug-likeness (QED) is 0.846. The summed E-state index contributed by atoms with van der Waals surface area (Å²) >= 11 is 0. The summed E-state index contributed by atoms with van der Waals surface area (Å²) in [4.78, 5) is 11.9. The Bertz CT molecular complexity index is 692. The average Bonchev–Trinajstić information content (AvgIpc) is 3.00. The predicted octanol–water partition coefficient (Wildman–Crippen LogP) is 2.50. The molecule has 1 atom stereocenters. The van der Waals surface area contributed by atoms with Crippen LogP contribution in [-0.4, -0.2) is 26.5 Å². The minimum absolute atomic E-state index is 0.294. The summed E-state index contributed by atoms with van der Waals surface area (Å²) in [6.45, 7) is 3.32. The molecule has 2 rings (SSSR count). The number of tetrazole rings is 1. The molecule has 0 bridgehead atoms. The maximum atomic E-state index is 12.5. The molecule has 0 radical (unpaired) electrons. The van der Waals surface area contributed by atoms with E-state index in [1.54, 1.807) is 13.8 Å². The summed E-state index contributed by atoms with van der Waals surface area (Å²) in [5.74, 6) is -0.109. The Morgan fingerprint density at radius 1 is 1.30 bits per heavy atom. The van der Waals surface area contributed by atoms with Gasteiger partial charge in [-0.1, -0.05) is 12.1 Å². The van der Waals surface area contributed by atoms with Gasteiger partial charge >= 0.3 is 6.18 Å². The number of carbonyl (C=O) groups excluding carboxylic acids is 1. The van der Waals surface area contributed by atoms with Gasteiger partial charge < -0.3 is 5.32 Å². The smallest absolute Gasteiger partial charge is 0.346 e. The largest absolute Gasteiger partial charge is 0.416 e. The molecule has 1 unspecified atom stereocenters. The van der Waals surface area contributed by atoms with Crippen molar-refractivity contribution in [1.29, 1.82) is 0 Å². The Hall–Kier alpha value is -2.71. The van der Waals surface area contributed by atoms with Crippen molar-refractivity contribution in [3.63, 3.8) is 0 Å². The molecule has 0 saturated carbocycles. The van der Waals surface area contributed by atoms with Crippen LogP contribution in [0.25, 0.3) is 5.57 Å². The molecule has 2 N–H and O–H groups in total. The van der Waals surface area contributed by atoms with E-state index >= 15 is 0 Å². The van der Waals surface area contributed by atoms with Gasteiger partial charge in [-0.3, -0.25) is 4.79 Å². The Morgan fingerprint density at radius 2 is 1.96 bits per heavy atom. The number of hydrogen-bond donors (Lipinski definition) is 2. The summed E-state index contributed by atoms with van der Waals surface area (Å²) in [6.07, 6.45) is -3.08. The van der Waals surface area contributed by atoms with Crippen molar-refractivity contribution in [1.82, 2.24) is 25.9 Å². The molecule has 0 fully saturated rings. The number of aromatic nitrogens is 4. The number of alkyl halides is 3. The highest BCUT2D eigenvalue weighted by molar-refractivity contribution is 5.94. The van der Waals surface area contributed by atoms with Gasteiger partial charge in [-0.2, -0.15) is 18.4 Å². The van der Waals surface area contributed by atoms with Gasteiger partial charge in [-0.15, -0.1) is 10.2 Å². The molecule has 9 heteroatoms. The van der Waals surface area contributed by atoms with Gasteiger partial charge in [0.15, 0.2) is 0 Å². The highest BCUT2D eigenvalue weighted by Gasteiger charge is 2.30. The zero-order chi connectivity index (χ0) is 17.0. The maximum Gasteiger partial charge on any atom is 0.416 e. The number of carbonyl (C=O) groups is 1. The van der Waals surface area contributed by atoms with Crippen LogP contribution in [0.5, 0.6) is 0 Å². The van der Waals surface area contributed by atoms with E-state index in [1.165, 1.54) is 18.2 Å². The summed E-state index contributed by atoms with van der Waals surface area (Å²) < 4.78 is 37.5. The number of nitrogens with zero attached hydrogens (tertiary/aromatic N) is 3. The number of nitrogens with one attached hydrogen (secondary N) is 2. The third-order valence-electron chi connectivity index (χ3n) is 3.14. The van der Waals surface area contributed by atoms with Crippen molar-refractivity contribution < 1.29 is 18.0 Å². The lowest BCUT2D eigenvalue weighted by atomic mass is 10.1. The molecule has 0 aliphatic heterocycles. The van der Waals surface area contributed by atoms with Gasteiger partial charge in [0, 0.05) is 11.6 Å². The van der Waals surface area contributed by atoms with Crippen molar-refractivity contribution >= 4 is 11.5 Å². The molecular formula is C14H14F3N5O. The number of H-pyrrole nitrogens is 1. The molecule has 1 aromatic heterocycles. The Kier molecular flexibility index (Phi) is 4.77. The van der Waals surface area contributed by atoms with E-state index in [0.29, 0.717) is 17.0 Å². The van der Waals surface area contributed by atoms with Crippen LogP contribution in [0.4, 0.5) is 13.2 Å². The van der Waals surface area contributed by atoms with E-state index in [0.717, 1.165) is 12.1 Å². The fraction of sp³-hybridized carbons (Fsp3) is 0.286. The molecule has 0 aliphatic rings. The van der Waals surface area contributed by atoms with Crippen molar-refractivity contribution in [3.05, 3.63) is 47.3 Å². The van der Waals surface area contributed by atoms with Crippen LogP contribution in [-0.2, 0) is 11.0 Å². The van der Waals surface area contributed by atoms with Crippen molar-refractivity contribution in [2.75, 3.05) is 0 Å². The first-order valence-corrected chi connectivity index (χ1v) is 6.67. The van der Waals surface area contributed by atoms with Gasteiger partial charge in [0.1, 0.15) is 0 Å². The van der Waals surface area contributed by atoms with Crippen LogP contribution >= 0.6 is 0 Å². The van der Waals surface area contributed by atoms with Crippen LogP contribution in [0.2, 0.25) is 0 Å². The van der Waals surface area contributed by atoms with Crippen molar-refractivity contribution in [3.8, 4) is 0 Å². The van der Waals surface area contributed by atoms with E-state index in [-0.39, 0.29) is 0 Å². The van der Waals surface area contributed by atoms with Gasteiger partial charge in [0.2, 0.25) is 11.7 Å². The molecule has 122 valence electrons. The molecule has 0 spiro atoms. The molecule has 0 saturated heterocycles. The minimum atomic E-state index is -4.38. The third kappa shape index (κ3) is 4.38. The van der Waals surface area contributed by atoms with Crippen LogP contribution in [0, 0.1) is 0 Å². The average molecular weight is 325 g/mol. The lowest BCUT2D eigenvalue weighted by Crippen LogP contribution is -2.25. The van der Waals surface area contributed by atoms with Crippen molar-refractivity contribution in [2.45, 2.75) is 26.1 Å². The molecule has 2 aromatic rings. The lowest BCUT2D eigenvalue weighted by molar-refractivity contribution is -0.137. The summed E-state index contributed by atoms with van der Waals surface area (Å²) in [5, 5.41) is 15.8. The lowest BCUT2D eigenvalue weighted by Gasteiger charge is -2.14. The second-order valence-corrected chi connectivity index (χ2v) is 4.91. The molecule has 1 heterocycles. The standard InChI is InChI=1S/C14H14F3N5O/c1-8(13-19-21-22-20-13)7-12(23)18-9(2)10-3-5-11(6-4-10)14(15,16)17/h3-7,9H,1-2H3,(H,18,23)(H,19,20,21,22)/b8-7+. The van der Waals surface area contributed by atoms with E-state index in [1.807, 2.05) is 0 Å². The first kappa shape index (κ1) is 16.7. The van der Waals surface area contributed by atoms with Crippen molar-refractivity contribution in [2.24, 2.45) is 0 Å². The topological polar surface area (TPSA) is 83.6 Å². The normalized spacial score (nSPS) is 13.7. The van der Waals surface area contributed by atoms with E-state index < -0.39 is 23.7 Å².